The molecule has 0 aliphatic carbocycles. The van der Waals surface area contributed by atoms with Crippen LogP contribution in [0.25, 0.3) is 0 Å². The fourth-order valence-electron chi connectivity index (χ4n) is 0.732. The smallest absolute Gasteiger partial charge is 0.187 e. The zero-order valence-corrected chi connectivity index (χ0v) is 8.28. The molecule has 0 heterocycles. The maximum atomic E-state index is 8.91. The van der Waals surface area contributed by atoms with Gasteiger partial charge >= 0.3 is 0 Å². The van der Waals surface area contributed by atoms with E-state index in [1.165, 1.54) is 6.26 Å². The van der Waals surface area contributed by atoms with Crippen LogP contribution in [0.5, 0.6) is 0 Å². The summed E-state index contributed by atoms with van der Waals surface area (Å²) in [5, 5.41) is 8.91. The standard InChI is InChI=1S/C10H16O3/c1-9(7-10(2)11)5-4-6-13-8-12-3/h4-7,11H,8H2,1-3H3/b6-4+,9-5-,10-7+. The Morgan fingerprint density at radius 2 is 2.08 bits per heavy atom. The van der Waals surface area contributed by atoms with E-state index in [4.69, 9.17) is 9.84 Å². The van der Waals surface area contributed by atoms with Gasteiger partial charge in [0, 0.05) is 7.11 Å². The van der Waals surface area contributed by atoms with Gasteiger partial charge in [-0.15, -0.1) is 0 Å². The van der Waals surface area contributed by atoms with Gasteiger partial charge in [-0.2, -0.15) is 0 Å². The molecule has 0 radical (unpaired) electrons. The maximum Gasteiger partial charge on any atom is 0.187 e. The van der Waals surface area contributed by atoms with Gasteiger partial charge in [-0.1, -0.05) is 6.08 Å². The molecule has 74 valence electrons. The van der Waals surface area contributed by atoms with Crippen LogP contribution in [0.1, 0.15) is 13.8 Å². The van der Waals surface area contributed by atoms with E-state index in [0.717, 1.165) is 5.57 Å². The highest BCUT2D eigenvalue weighted by atomic mass is 16.7. The molecule has 0 fully saturated rings. The van der Waals surface area contributed by atoms with E-state index in [1.54, 1.807) is 26.2 Å². The zero-order chi connectivity index (χ0) is 10.1. The second-order valence-corrected chi connectivity index (χ2v) is 2.60. The molecule has 0 rings (SSSR count). The summed E-state index contributed by atoms with van der Waals surface area (Å²) in [4.78, 5) is 0. The minimum atomic E-state index is 0.248. The van der Waals surface area contributed by atoms with Gasteiger partial charge in [-0.05, 0) is 31.6 Å². The van der Waals surface area contributed by atoms with Crippen LogP contribution >= 0.6 is 0 Å². The third kappa shape index (κ3) is 8.69. The Balaban J connectivity index is 3.82. The lowest BCUT2D eigenvalue weighted by molar-refractivity contribution is 0.0199. The summed E-state index contributed by atoms with van der Waals surface area (Å²) in [6.07, 6.45) is 6.78. The third-order valence-electron chi connectivity index (χ3n) is 1.16. The van der Waals surface area contributed by atoms with E-state index >= 15 is 0 Å². The molecule has 3 heteroatoms. The molecule has 0 aromatic rings. The van der Waals surface area contributed by atoms with Crippen LogP contribution in [0.2, 0.25) is 0 Å². The van der Waals surface area contributed by atoms with Crippen LogP contribution in [-0.4, -0.2) is 19.0 Å². The van der Waals surface area contributed by atoms with Crippen molar-refractivity contribution in [3.63, 3.8) is 0 Å². The molecule has 0 aliphatic rings. The Labute approximate surface area is 79.0 Å². The first-order valence-electron chi connectivity index (χ1n) is 3.98. The number of aliphatic hydroxyl groups excluding tert-OH is 1. The number of aliphatic hydroxyl groups is 1. The fraction of sp³-hybridized carbons (Fsp3) is 0.400. The van der Waals surface area contributed by atoms with Crippen molar-refractivity contribution in [2.75, 3.05) is 13.9 Å². The molecule has 0 unspecified atom stereocenters. The van der Waals surface area contributed by atoms with Gasteiger partial charge in [0.25, 0.3) is 0 Å². The highest BCUT2D eigenvalue weighted by Gasteiger charge is 1.82. The third-order valence-corrected chi connectivity index (χ3v) is 1.16. The summed E-state index contributed by atoms with van der Waals surface area (Å²) < 4.78 is 9.57. The van der Waals surface area contributed by atoms with Crippen molar-refractivity contribution in [3.8, 4) is 0 Å². The lowest BCUT2D eigenvalue weighted by Crippen LogP contribution is -1.87. The van der Waals surface area contributed by atoms with E-state index in [1.807, 2.05) is 13.0 Å². The van der Waals surface area contributed by atoms with Crippen molar-refractivity contribution in [3.05, 3.63) is 35.8 Å². The van der Waals surface area contributed by atoms with E-state index in [2.05, 4.69) is 4.74 Å². The van der Waals surface area contributed by atoms with Gasteiger partial charge in [0.2, 0.25) is 0 Å². The Morgan fingerprint density at radius 3 is 2.62 bits per heavy atom. The number of hydrogen-bond acceptors (Lipinski definition) is 3. The Hall–Kier alpha value is -1.22. The van der Waals surface area contributed by atoms with Crippen LogP contribution in [-0.2, 0) is 9.47 Å². The lowest BCUT2D eigenvalue weighted by Gasteiger charge is -1.95. The summed E-state index contributed by atoms with van der Waals surface area (Å²) in [5.74, 6) is 0.292. The molecule has 0 amide bonds. The van der Waals surface area contributed by atoms with E-state index in [9.17, 15) is 0 Å². The Kier molecular flexibility index (Phi) is 6.73. The van der Waals surface area contributed by atoms with Gasteiger partial charge in [-0.25, -0.2) is 0 Å². The summed E-state index contributed by atoms with van der Waals surface area (Å²) in [6.45, 7) is 3.76. The van der Waals surface area contributed by atoms with E-state index in [-0.39, 0.29) is 6.79 Å². The average molecular weight is 184 g/mol. The summed E-state index contributed by atoms with van der Waals surface area (Å²) in [6, 6.07) is 0. The van der Waals surface area contributed by atoms with Crippen molar-refractivity contribution >= 4 is 0 Å². The van der Waals surface area contributed by atoms with Crippen molar-refractivity contribution in [1.29, 1.82) is 0 Å². The van der Waals surface area contributed by atoms with Crippen LogP contribution < -0.4 is 0 Å². The van der Waals surface area contributed by atoms with Crippen molar-refractivity contribution in [2.24, 2.45) is 0 Å². The molecule has 0 spiro atoms. The van der Waals surface area contributed by atoms with Crippen LogP contribution in [0.15, 0.2) is 35.8 Å². The summed E-state index contributed by atoms with van der Waals surface area (Å²) >= 11 is 0. The predicted molar refractivity (Wildman–Crippen MR) is 52.2 cm³/mol. The molecule has 0 aromatic carbocycles. The minimum absolute atomic E-state index is 0.248. The van der Waals surface area contributed by atoms with Gasteiger partial charge in [0.1, 0.15) is 0 Å². The number of methoxy groups -OCH3 is 1. The zero-order valence-electron chi connectivity index (χ0n) is 8.28. The number of hydrogen-bond donors (Lipinski definition) is 1. The molecule has 3 nitrogen and oxygen atoms in total. The summed E-state index contributed by atoms with van der Waals surface area (Å²) in [7, 11) is 1.56. The van der Waals surface area contributed by atoms with E-state index in [0.29, 0.717) is 5.76 Å². The topological polar surface area (TPSA) is 38.7 Å². The van der Waals surface area contributed by atoms with Crippen LogP contribution in [0.4, 0.5) is 0 Å². The second-order valence-electron chi connectivity index (χ2n) is 2.60. The quantitative estimate of drug-likeness (QED) is 0.309. The van der Waals surface area contributed by atoms with E-state index < -0.39 is 0 Å². The largest absolute Gasteiger partial charge is 0.513 e. The first-order valence-corrected chi connectivity index (χ1v) is 3.98. The SMILES string of the molecule is COCO/C=C/C=C(C)\C=C(/C)O. The highest BCUT2D eigenvalue weighted by molar-refractivity contribution is 5.21. The van der Waals surface area contributed by atoms with Crippen molar-refractivity contribution in [2.45, 2.75) is 13.8 Å². The average Bonchev–Trinajstić information content (AvgIpc) is 2.02. The van der Waals surface area contributed by atoms with Crippen molar-refractivity contribution in [1.82, 2.24) is 0 Å². The second kappa shape index (κ2) is 7.43. The molecule has 13 heavy (non-hydrogen) atoms. The maximum absolute atomic E-state index is 8.91. The number of allylic oxidation sites excluding steroid dienone is 5. The Bertz CT molecular complexity index is 210. The predicted octanol–water partition coefficient (Wildman–Crippen LogP) is 2.53. The number of ether oxygens (including phenoxy) is 2. The molecule has 0 aliphatic heterocycles. The van der Waals surface area contributed by atoms with Crippen LogP contribution in [0, 0.1) is 0 Å². The number of rotatable bonds is 5. The van der Waals surface area contributed by atoms with Gasteiger partial charge in [-0.3, -0.25) is 0 Å². The molecule has 0 aromatic heterocycles. The highest BCUT2D eigenvalue weighted by Crippen LogP contribution is 1.98. The Morgan fingerprint density at radius 1 is 1.38 bits per heavy atom. The molecule has 0 saturated heterocycles. The lowest BCUT2D eigenvalue weighted by atomic mass is 10.2. The normalized spacial score (nSPS) is 13.8. The minimum Gasteiger partial charge on any atom is -0.513 e. The molecular formula is C10H16O3. The van der Waals surface area contributed by atoms with Crippen LogP contribution in [0.3, 0.4) is 0 Å². The molecule has 0 bridgehead atoms. The van der Waals surface area contributed by atoms with Gasteiger partial charge in [0.05, 0.1) is 12.0 Å². The van der Waals surface area contributed by atoms with Crippen molar-refractivity contribution < 1.29 is 14.6 Å². The first kappa shape index (κ1) is 11.8. The molecular weight excluding hydrogens is 168 g/mol. The summed E-state index contributed by atoms with van der Waals surface area (Å²) in [5.41, 5.74) is 0.956. The monoisotopic (exact) mass is 184 g/mol. The first-order chi connectivity index (χ1) is 6.16. The fourth-order valence-corrected chi connectivity index (χ4v) is 0.732. The molecule has 0 saturated carbocycles. The van der Waals surface area contributed by atoms with Gasteiger partial charge < -0.3 is 14.6 Å². The molecule has 0 atom stereocenters. The van der Waals surface area contributed by atoms with Gasteiger partial charge in [0.15, 0.2) is 6.79 Å². The molecule has 1 N–H and O–H groups in total.